The Labute approximate surface area is 125 Å². The monoisotopic (exact) mass is 289 g/mol. The third-order valence-electron chi connectivity index (χ3n) is 3.14. The summed E-state index contributed by atoms with van der Waals surface area (Å²) in [5, 5.41) is 17.5. The number of hydrogen-bond acceptors (Lipinski definition) is 4. The van der Waals surface area contributed by atoms with Crippen LogP contribution in [0.15, 0.2) is 24.3 Å². The van der Waals surface area contributed by atoms with Gasteiger partial charge in [0.1, 0.15) is 11.4 Å². The molecule has 1 heterocycles. The van der Waals surface area contributed by atoms with Crippen LogP contribution in [0.5, 0.6) is 5.75 Å². The Balaban J connectivity index is 2.20. The third kappa shape index (κ3) is 3.82. The van der Waals surface area contributed by atoms with Crippen LogP contribution in [0.25, 0.3) is 5.69 Å². The zero-order valence-corrected chi connectivity index (χ0v) is 12.9. The number of aliphatic hydroxyl groups is 1. The van der Waals surface area contributed by atoms with Gasteiger partial charge >= 0.3 is 0 Å². The molecule has 2 rings (SSSR count). The van der Waals surface area contributed by atoms with Crippen molar-refractivity contribution >= 4 is 0 Å². The molecule has 0 amide bonds. The van der Waals surface area contributed by atoms with Gasteiger partial charge < -0.3 is 9.84 Å². The average molecular weight is 289 g/mol. The molecule has 0 saturated heterocycles. The van der Waals surface area contributed by atoms with E-state index in [-0.39, 0.29) is 6.61 Å². The molecule has 0 fully saturated rings. The highest BCUT2D eigenvalue weighted by atomic mass is 16.5. The SMILES string of the molecule is CCCc1c(CO)nnn1-c1ccc(OCC(C)C)cc1. The van der Waals surface area contributed by atoms with Crippen LogP contribution in [-0.4, -0.2) is 26.7 Å². The zero-order valence-electron chi connectivity index (χ0n) is 12.9. The molecule has 0 aliphatic heterocycles. The van der Waals surface area contributed by atoms with Gasteiger partial charge in [-0.2, -0.15) is 0 Å². The van der Waals surface area contributed by atoms with Crippen molar-refractivity contribution in [2.75, 3.05) is 6.61 Å². The molecule has 114 valence electrons. The van der Waals surface area contributed by atoms with Crippen LogP contribution in [0.1, 0.15) is 38.6 Å². The van der Waals surface area contributed by atoms with Gasteiger partial charge in [-0.3, -0.25) is 0 Å². The number of aliphatic hydroxyl groups excluding tert-OH is 1. The van der Waals surface area contributed by atoms with E-state index in [1.54, 1.807) is 4.68 Å². The van der Waals surface area contributed by atoms with E-state index in [9.17, 15) is 5.11 Å². The standard InChI is InChI=1S/C16H23N3O2/c1-4-5-16-15(10-20)17-18-19(16)13-6-8-14(9-7-13)21-11-12(2)3/h6-9,12,20H,4-5,10-11H2,1-3H3. The molecule has 0 aliphatic carbocycles. The molecule has 21 heavy (non-hydrogen) atoms. The van der Waals surface area contributed by atoms with E-state index in [1.807, 2.05) is 24.3 Å². The molecule has 1 N–H and O–H groups in total. The fraction of sp³-hybridized carbons (Fsp3) is 0.500. The van der Waals surface area contributed by atoms with Crippen molar-refractivity contribution in [1.82, 2.24) is 15.0 Å². The maximum atomic E-state index is 9.34. The van der Waals surface area contributed by atoms with Gasteiger partial charge in [0.05, 0.1) is 24.6 Å². The van der Waals surface area contributed by atoms with E-state index in [0.29, 0.717) is 18.2 Å². The fourth-order valence-corrected chi connectivity index (χ4v) is 2.10. The van der Waals surface area contributed by atoms with Gasteiger partial charge in [0.25, 0.3) is 0 Å². The molecule has 0 atom stereocenters. The molecule has 0 bridgehead atoms. The first kappa shape index (κ1) is 15.5. The van der Waals surface area contributed by atoms with E-state index in [2.05, 4.69) is 31.1 Å². The summed E-state index contributed by atoms with van der Waals surface area (Å²) in [5.74, 6) is 1.36. The minimum absolute atomic E-state index is 0.0785. The molecule has 0 saturated carbocycles. The topological polar surface area (TPSA) is 60.2 Å². The lowest BCUT2D eigenvalue weighted by molar-refractivity contribution is 0.271. The highest BCUT2D eigenvalue weighted by Crippen LogP contribution is 2.19. The van der Waals surface area contributed by atoms with Crippen LogP contribution in [0.4, 0.5) is 0 Å². The Bertz CT molecular complexity index is 561. The van der Waals surface area contributed by atoms with Gasteiger partial charge in [0.2, 0.25) is 0 Å². The molecule has 1 aromatic carbocycles. The Morgan fingerprint density at radius 2 is 1.95 bits per heavy atom. The number of aromatic nitrogens is 3. The maximum absolute atomic E-state index is 9.34. The lowest BCUT2D eigenvalue weighted by Crippen LogP contribution is -2.06. The van der Waals surface area contributed by atoms with Gasteiger partial charge in [-0.25, -0.2) is 4.68 Å². The molecule has 0 spiro atoms. The van der Waals surface area contributed by atoms with Crippen LogP contribution in [0.2, 0.25) is 0 Å². The molecule has 0 aliphatic rings. The summed E-state index contributed by atoms with van der Waals surface area (Å²) in [7, 11) is 0. The third-order valence-corrected chi connectivity index (χ3v) is 3.14. The maximum Gasteiger partial charge on any atom is 0.119 e. The summed E-state index contributed by atoms with van der Waals surface area (Å²) >= 11 is 0. The van der Waals surface area contributed by atoms with Crippen molar-refractivity contribution in [3.8, 4) is 11.4 Å². The van der Waals surface area contributed by atoms with Crippen LogP contribution in [0.3, 0.4) is 0 Å². The quantitative estimate of drug-likeness (QED) is 0.851. The lowest BCUT2D eigenvalue weighted by Gasteiger charge is -2.10. The molecule has 0 radical (unpaired) electrons. The second-order valence-corrected chi connectivity index (χ2v) is 5.50. The van der Waals surface area contributed by atoms with E-state index in [4.69, 9.17) is 4.74 Å². The molecule has 1 aromatic heterocycles. The summed E-state index contributed by atoms with van der Waals surface area (Å²) in [5.41, 5.74) is 2.55. The summed E-state index contributed by atoms with van der Waals surface area (Å²) in [6, 6.07) is 7.80. The lowest BCUT2D eigenvalue weighted by atomic mass is 10.2. The molecule has 5 heteroatoms. The van der Waals surface area contributed by atoms with Crippen molar-refractivity contribution in [2.45, 2.75) is 40.2 Å². The van der Waals surface area contributed by atoms with Crippen molar-refractivity contribution in [3.05, 3.63) is 35.7 Å². The van der Waals surface area contributed by atoms with E-state index in [0.717, 1.165) is 30.0 Å². The van der Waals surface area contributed by atoms with Gasteiger partial charge in [0.15, 0.2) is 0 Å². The van der Waals surface area contributed by atoms with Gasteiger partial charge in [-0.1, -0.05) is 32.4 Å². The molecule has 2 aromatic rings. The van der Waals surface area contributed by atoms with E-state index < -0.39 is 0 Å². The predicted molar refractivity (Wildman–Crippen MR) is 81.6 cm³/mol. The average Bonchev–Trinajstić information content (AvgIpc) is 2.89. The fourth-order valence-electron chi connectivity index (χ4n) is 2.10. The second kappa shape index (κ2) is 7.22. The highest BCUT2D eigenvalue weighted by Gasteiger charge is 2.12. The number of rotatable bonds is 7. The first-order valence-electron chi connectivity index (χ1n) is 7.43. The predicted octanol–water partition coefficient (Wildman–Crippen LogP) is 2.75. The van der Waals surface area contributed by atoms with Gasteiger partial charge in [-0.05, 0) is 36.6 Å². The number of hydrogen-bond donors (Lipinski definition) is 1. The van der Waals surface area contributed by atoms with Crippen LogP contribution in [0, 0.1) is 5.92 Å². The minimum atomic E-state index is -0.0785. The summed E-state index contributed by atoms with van der Waals surface area (Å²) in [4.78, 5) is 0. The largest absolute Gasteiger partial charge is 0.493 e. The van der Waals surface area contributed by atoms with Crippen molar-refractivity contribution in [2.24, 2.45) is 5.92 Å². The Hall–Kier alpha value is -1.88. The summed E-state index contributed by atoms with van der Waals surface area (Å²) < 4.78 is 7.47. The minimum Gasteiger partial charge on any atom is -0.493 e. The first-order chi connectivity index (χ1) is 10.2. The summed E-state index contributed by atoms with van der Waals surface area (Å²) in [6.07, 6.45) is 1.82. The van der Waals surface area contributed by atoms with Crippen LogP contribution in [-0.2, 0) is 13.0 Å². The number of ether oxygens (including phenoxy) is 1. The number of nitrogens with zero attached hydrogens (tertiary/aromatic N) is 3. The first-order valence-corrected chi connectivity index (χ1v) is 7.43. The molecule has 5 nitrogen and oxygen atoms in total. The van der Waals surface area contributed by atoms with E-state index >= 15 is 0 Å². The smallest absolute Gasteiger partial charge is 0.119 e. The van der Waals surface area contributed by atoms with Crippen molar-refractivity contribution in [1.29, 1.82) is 0 Å². The van der Waals surface area contributed by atoms with E-state index in [1.165, 1.54) is 0 Å². The van der Waals surface area contributed by atoms with Crippen molar-refractivity contribution < 1.29 is 9.84 Å². The molecular weight excluding hydrogens is 266 g/mol. The normalized spacial score (nSPS) is 11.1. The Morgan fingerprint density at radius 1 is 1.24 bits per heavy atom. The highest BCUT2D eigenvalue weighted by molar-refractivity contribution is 5.38. The van der Waals surface area contributed by atoms with Crippen LogP contribution < -0.4 is 4.74 Å². The van der Waals surface area contributed by atoms with Gasteiger partial charge in [0, 0.05) is 0 Å². The van der Waals surface area contributed by atoms with Gasteiger partial charge in [-0.15, -0.1) is 5.10 Å². The van der Waals surface area contributed by atoms with Crippen molar-refractivity contribution in [3.63, 3.8) is 0 Å². The molecular formula is C16H23N3O2. The van der Waals surface area contributed by atoms with Crippen LogP contribution >= 0.6 is 0 Å². The second-order valence-electron chi connectivity index (χ2n) is 5.50. The zero-order chi connectivity index (χ0) is 15.2. The Kier molecular flexibility index (Phi) is 5.33. The Morgan fingerprint density at radius 3 is 2.52 bits per heavy atom. The number of benzene rings is 1. The summed E-state index contributed by atoms with van der Waals surface area (Å²) in [6.45, 7) is 6.97. The molecule has 0 unspecified atom stereocenters.